The molecule has 1 fully saturated rings. The molecule has 1 heterocycles. The van der Waals surface area contributed by atoms with Crippen LogP contribution in [0.25, 0.3) is 0 Å². The quantitative estimate of drug-likeness (QED) is 0.716. The van der Waals surface area contributed by atoms with Crippen LogP contribution in [0.3, 0.4) is 0 Å². The molecule has 1 N–H and O–H groups in total. The molecule has 0 aliphatic carbocycles. The summed E-state index contributed by atoms with van der Waals surface area (Å²) in [5.41, 5.74) is 0. The summed E-state index contributed by atoms with van der Waals surface area (Å²) in [5, 5.41) is 3.25. The lowest BCUT2D eigenvalue weighted by molar-refractivity contribution is -0.166. The molecule has 0 saturated carbocycles. The smallest absolute Gasteiger partial charge is 0.303 e. The Hall–Kier alpha value is -1.10. The summed E-state index contributed by atoms with van der Waals surface area (Å²) >= 11 is 0. The van der Waals surface area contributed by atoms with Gasteiger partial charge < -0.3 is 14.8 Å². The molecule has 1 saturated heterocycles. The Morgan fingerprint density at radius 3 is 2.31 bits per heavy atom. The van der Waals surface area contributed by atoms with E-state index >= 15 is 0 Å². The van der Waals surface area contributed by atoms with E-state index in [4.69, 9.17) is 9.47 Å². The molecule has 3 atom stereocenters. The Morgan fingerprint density at radius 2 is 1.88 bits per heavy atom. The molecule has 0 aromatic heterocycles. The van der Waals surface area contributed by atoms with Crippen molar-refractivity contribution in [2.75, 3.05) is 6.54 Å². The van der Waals surface area contributed by atoms with Crippen LogP contribution in [0.15, 0.2) is 0 Å². The highest BCUT2D eigenvalue weighted by atomic mass is 16.6. The van der Waals surface area contributed by atoms with Crippen LogP contribution in [0.2, 0.25) is 0 Å². The molecule has 92 valence electrons. The van der Waals surface area contributed by atoms with Crippen molar-refractivity contribution in [3.05, 3.63) is 0 Å². The Kier molecular flexibility index (Phi) is 4.73. The van der Waals surface area contributed by atoms with E-state index in [1.165, 1.54) is 13.8 Å². The van der Waals surface area contributed by atoms with Crippen LogP contribution in [0.4, 0.5) is 0 Å². The summed E-state index contributed by atoms with van der Waals surface area (Å²) in [6, 6.07) is 0.0817. The lowest BCUT2D eigenvalue weighted by Gasteiger charge is -2.28. The van der Waals surface area contributed by atoms with E-state index < -0.39 is 12.2 Å². The summed E-state index contributed by atoms with van der Waals surface area (Å²) < 4.78 is 10.3. The van der Waals surface area contributed by atoms with Crippen molar-refractivity contribution in [2.45, 2.75) is 51.9 Å². The van der Waals surface area contributed by atoms with E-state index in [-0.39, 0.29) is 18.0 Å². The molecule has 16 heavy (non-hydrogen) atoms. The fourth-order valence-electron chi connectivity index (χ4n) is 2.02. The normalized spacial score (nSPS) is 23.6. The average molecular weight is 229 g/mol. The monoisotopic (exact) mass is 229 g/mol. The third kappa shape index (κ3) is 3.81. The van der Waals surface area contributed by atoms with Crippen LogP contribution >= 0.6 is 0 Å². The number of esters is 2. The van der Waals surface area contributed by atoms with Gasteiger partial charge in [0.2, 0.25) is 0 Å². The van der Waals surface area contributed by atoms with Gasteiger partial charge in [-0.05, 0) is 26.3 Å². The minimum Gasteiger partial charge on any atom is -0.459 e. The van der Waals surface area contributed by atoms with E-state index in [9.17, 15) is 9.59 Å². The van der Waals surface area contributed by atoms with E-state index in [2.05, 4.69) is 5.32 Å². The zero-order valence-corrected chi connectivity index (χ0v) is 9.99. The van der Waals surface area contributed by atoms with Crippen LogP contribution in [0, 0.1) is 0 Å². The van der Waals surface area contributed by atoms with Crippen LogP contribution in [0.5, 0.6) is 0 Å². The predicted octanol–water partition coefficient (Wildman–Crippen LogP) is 0.622. The minimum absolute atomic E-state index is 0.0817. The van der Waals surface area contributed by atoms with Crippen molar-refractivity contribution in [1.82, 2.24) is 5.32 Å². The number of ether oxygens (including phenoxy) is 2. The van der Waals surface area contributed by atoms with Gasteiger partial charge in [-0.25, -0.2) is 0 Å². The highest BCUT2D eigenvalue weighted by molar-refractivity contribution is 5.67. The number of nitrogens with one attached hydrogen (secondary N) is 1. The van der Waals surface area contributed by atoms with Crippen LogP contribution < -0.4 is 5.32 Å². The van der Waals surface area contributed by atoms with Gasteiger partial charge in [0.05, 0.1) is 0 Å². The first kappa shape index (κ1) is 13.0. The highest BCUT2D eigenvalue weighted by Gasteiger charge is 2.33. The van der Waals surface area contributed by atoms with E-state index in [0.29, 0.717) is 0 Å². The molecule has 0 aromatic rings. The molecule has 0 bridgehead atoms. The molecule has 0 aromatic carbocycles. The van der Waals surface area contributed by atoms with Crippen molar-refractivity contribution in [1.29, 1.82) is 0 Å². The number of rotatable bonds is 4. The van der Waals surface area contributed by atoms with Crippen LogP contribution in [0.1, 0.15) is 33.6 Å². The SMILES string of the molecule is CC(=O)OC(C)C(OC(C)=O)C1CCCN1. The maximum Gasteiger partial charge on any atom is 0.303 e. The van der Waals surface area contributed by atoms with Crippen molar-refractivity contribution >= 4 is 11.9 Å². The zero-order valence-electron chi connectivity index (χ0n) is 9.99. The number of carbonyl (C=O) groups excluding carboxylic acids is 2. The van der Waals surface area contributed by atoms with E-state index in [1.54, 1.807) is 6.92 Å². The Balaban J connectivity index is 2.61. The summed E-state index contributed by atoms with van der Waals surface area (Å²) in [4.78, 5) is 21.9. The van der Waals surface area contributed by atoms with Gasteiger partial charge >= 0.3 is 11.9 Å². The second-order valence-electron chi connectivity index (χ2n) is 4.09. The van der Waals surface area contributed by atoms with E-state index in [0.717, 1.165) is 19.4 Å². The first-order valence-corrected chi connectivity index (χ1v) is 5.58. The standard InChI is InChI=1S/C11H19NO4/c1-7(15-8(2)13)11(16-9(3)14)10-5-4-6-12-10/h7,10-12H,4-6H2,1-3H3. The lowest BCUT2D eigenvalue weighted by Crippen LogP contribution is -2.46. The van der Waals surface area contributed by atoms with Gasteiger partial charge in [0.1, 0.15) is 6.10 Å². The third-order valence-corrected chi connectivity index (χ3v) is 2.61. The topological polar surface area (TPSA) is 64.6 Å². The highest BCUT2D eigenvalue weighted by Crippen LogP contribution is 2.17. The van der Waals surface area contributed by atoms with Crippen molar-refractivity contribution < 1.29 is 19.1 Å². The Morgan fingerprint density at radius 1 is 1.25 bits per heavy atom. The second-order valence-corrected chi connectivity index (χ2v) is 4.09. The molecule has 0 spiro atoms. The summed E-state index contributed by atoms with van der Waals surface area (Å²) in [5.74, 6) is -0.708. The maximum atomic E-state index is 11.0. The van der Waals surface area contributed by atoms with E-state index in [1.807, 2.05) is 0 Å². The Labute approximate surface area is 95.5 Å². The molecule has 5 heteroatoms. The molecular formula is C11H19NO4. The molecule has 1 aliphatic heterocycles. The Bertz CT molecular complexity index is 261. The molecule has 3 unspecified atom stereocenters. The maximum absolute atomic E-state index is 11.0. The van der Waals surface area contributed by atoms with Crippen molar-refractivity contribution in [2.24, 2.45) is 0 Å². The summed E-state index contributed by atoms with van der Waals surface area (Å²) in [6.45, 7) is 5.37. The number of hydrogen-bond donors (Lipinski definition) is 1. The van der Waals surface area contributed by atoms with Gasteiger partial charge in [-0.1, -0.05) is 0 Å². The second kappa shape index (κ2) is 5.84. The van der Waals surface area contributed by atoms with Crippen molar-refractivity contribution in [3.8, 4) is 0 Å². The zero-order chi connectivity index (χ0) is 12.1. The summed E-state index contributed by atoms with van der Waals surface area (Å²) in [6.07, 6.45) is 1.17. The minimum atomic E-state index is -0.419. The molecule has 0 radical (unpaired) electrons. The first-order valence-electron chi connectivity index (χ1n) is 5.58. The third-order valence-electron chi connectivity index (χ3n) is 2.61. The van der Waals surface area contributed by atoms with Gasteiger partial charge in [-0.2, -0.15) is 0 Å². The molecular weight excluding hydrogens is 210 g/mol. The fraction of sp³-hybridized carbons (Fsp3) is 0.818. The average Bonchev–Trinajstić information content (AvgIpc) is 2.64. The van der Waals surface area contributed by atoms with Gasteiger partial charge in [0, 0.05) is 19.9 Å². The largest absolute Gasteiger partial charge is 0.459 e. The fourth-order valence-corrected chi connectivity index (χ4v) is 2.02. The molecule has 1 aliphatic rings. The van der Waals surface area contributed by atoms with Crippen molar-refractivity contribution in [3.63, 3.8) is 0 Å². The molecule has 5 nitrogen and oxygen atoms in total. The number of carbonyl (C=O) groups is 2. The van der Waals surface area contributed by atoms with Crippen LogP contribution in [-0.4, -0.2) is 36.7 Å². The number of hydrogen-bond acceptors (Lipinski definition) is 5. The summed E-state index contributed by atoms with van der Waals surface area (Å²) in [7, 11) is 0. The van der Waals surface area contributed by atoms with Gasteiger partial charge in [-0.15, -0.1) is 0 Å². The predicted molar refractivity (Wildman–Crippen MR) is 57.8 cm³/mol. The van der Waals surface area contributed by atoms with Gasteiger partial charge in [-0.3, -0.25) is 9.59 Å². The molecule has 0 amide bonds. The van der Waals surface area contributed by atoms with Gasteiger partial charge in [0.25, 0.3) is 0 Å². The van der Waals surface area contributed by atoms with Gasteiger partial charge in [0.15, 0.2) is 6.10 Å². The van der Waals surface area contributed by atoms with Crippen LogP contribution in [-0.2, 0) is 19.1 Å². The lowest BCUT2D eigenvalue weighted by atomic mass is 10.0. The first-order chi connectivity index (χ1) is 7.50. The molecule has 1 rings (SSSR count).